The van der Waals surface area contributed by atoms with E-state index in [1.54, 1.807) is 0 Å². The summed E-state index contributed by atoms with van der Waals surface area (Å²) in [5.41, 5.74) is 4.72. The summed E-state index contributed by atoms with van der Waals surface area (Å²) >= 11 is 0. The highest BCUT2D eigenvalue weighted by atomic mass is 16.5. The number of carboxylic acid groups (broad SMARTS) is 1. The lowest BCUT2D eigenvalue weighted by Crippen LogP contribution is -2.47. The summed E-state index contributed by atoms with van der Waals surface area (Å²) < 4.78 is 5.58. The summed E-state index contributed by atoms with van der Waals surface area (Å²) in [6.45, 7) is 3.08. The number of hydrogen-bond donors (Lipinski definition) is 2. The van der Waals surface area contributed by atoms with Crippen LogP contribution in [0.5, 0.6) is 0 Å². The van der Waals surface area contributed by atoms with Gasteiger partial charge >= 0.3 is 12.1 Å². The summed E-state index contributed by atoms with van der Waals surface area (Å²) in [5, 5.41) is 12.0. The molecule has 34 heavy (non-hydrogen) atoms. The molecule has 3 aliphatic rings. The topological polar surface area (TPSA) is 95.9 Å². The third kappa shape index (κ3) is 4.27. The summed E-state index contributed by atoms with van der Waals surface area (Å²) in [4.78, 5) is 38.3. The van der Waals surface area contributed by atoms with Crippen molar-refractivity contribution in [2.75, 3.05) is 19.7 Å². The number of ether oxygens (including phenoxy) is 1. The van der Waals surface area contributed by atoms with Gasteiger partial charge in [-0.05, 0) is 54.4 Å². The first-order valence-corrected chi connectivity index (χ1v) is 12.1. The van der Waals surface area contributed by atoms with Gasteiger partial charge in [0.25, 0.3) is 0 Å². The van der Waals surface area contributed by atoms with E-state index in [9.17, 15) is 19.5 Å². The first-order chi connectivity index (χ1) is 16.4. The predicted molar refractivity (Wildman–Crippen MR) is 126 cm³/mol. The maximum atomic E-state index is 12.9. The fraction of sp³-hybridized carbons (Fsp3) is 0.444. The molecule has 2 aromatic carbocycles. The number of benzene rings is 2. The van der Waals surface area contributed by atoms with Crippen molar-refractivity contribution < 1.29 is 24.2 Å². The van der Waals surface area contributed by atoms with Gasteiger partial charge in [0.2, 0.25) is 5.91 Å². The number of amides is 2. The van der Waals surface area contributed by atoms with Crippen LogP contribution in [0.2, 0.25) is 0 Å². The number of aliphatic carboxylic acids is 1. The van der Waals surface area contributed by atoms with Crippen LogP contribution in [0.3, 0.4) is 0 Å². The average molecular weight is 463 g/mol. The van der Waals surface area contributed by atoms with Crippen molar-refractivity contribution in [1.29, 1.82) is 0 Å². The fourth-order valence-corrected chi connectivity index (χ4v) is 5.58. The van der Waals surface area contributed by atoms with Crippen molar-refractivity contribution in [2.24, 2.45) is 17.8 Å². The number of nitrogens with zero attached hydrogens (tertiary/aromatic N) is 1. The molecule has 2 aliphatic carbocycles. The number of piperidine rings is 1. The lowest BCUT2D eigenvalue weighted by molar-refractivity contribution is -0.148. The van der Waals surface area contributed by atoms with E-state index in [-0.39, 0.29) is 42.2 Å². The summed E-state index contributed by atoms with van der Waals surface area (Å²) in [7, 11) is 0. The predicted octanol–water partition coefficient (Wildman–Crippen LogP) is 3.87. The van der Waals surface area contributed by atoms with E-state index in [4.69, 9.17) is 4.74 Å². The molecule has 0 bridgehead atoms. The minimum Gasteiger partial charge on any atom is -0.481 e. The SMILES string of the molecule is C[C@H]1C[C@@H](C(=O)O)CCN1C(=O)[C@H]1C[C@H]1CNC(=O)OCC1c2ccccc2-c2ccccc21. The molecule has 2 aromatic rings. The second kappa shape index (κ2) is 9.12. The number of carbonyl (C=O) groups is 3. The minimum atomic E-state index is -0.782. The third-order valence-corrected chi connectivity index (χ3v) is 7.60. The Morgan fingerprint density at radius 2 is 1.68 bits per heavy atom. The van der Waals surface area contributed by atoms with Gasteiger partial charge in [0.1, 0.15) is 6.61 Å². The second-order valence-electron chi connectivity index (χ2n) is 9.75. The Labute approximate surface area is 199 Å². The molecule has 7 heteroatoms. The van der Waals surface area contributed by atoms with Crippen molar-refractivity contribution in [2.45, 2.75) is 38.1 Å². The van der Waals surface area contributed by atoms with Crippen molar-refractivity contribution in [3.8, 4) is 11.1 Å². The van der Waals surface area contributed by atoms with Crippen LogP contribution in [0, 0.1) is 17.8 Å². The van der Waals surface area contributed by atoms with Gasteiger partial charge in [0.05, 0.1) is 5.92 Å². The highest BCUT2D eigenvalue weighted by molar-refractivity contribution is 5.83. The van der Waals surface area contributed by atoms with Crippen LogP contribution in [0.15, 0.2) is 48.5 Å². The maximum absolute atomic E-state index is 12.9. The zero-order valence-corrected chi connectivity index (χ0v) is 19.3. The number of carbonyl (C=O) groups excluding carboxylic acids is 2. The van der Waals surface area contributed by atoms with Gasteiger partial charge < -0.3 is 20.1 Å². The third-order valence-electron chi connectivity index (χ3n) is 7.60. The van der Waals surface area contributed by atoms with Gasteiger partial charge in [0.15, 0.2) is 0 Å². The van der Waals surface area contributed by atoms with Crippen LogP contribution in [0.1, 0.15) is 43.2 Å². The number of nitrogens with one attached hydrogen (secondary N) is 1. The Hall–Kier alpha value is -3.35. The summed E-state index contributed by atoms with van der Waals surface area (Å²) in [5.74, 6) is -1.05. The van der Waals surface area contributed by atoms with Gasteiger partial charge in [-0.3, -0.25) is 9.59 Å². The van der Waals surface area contributed by atoms with E-state index >= 15 is 0 Å². The van der Waals surface area contributed by atoms with Gasteiger partial charge in [-0.1, -0.05) is 48.5 Å². The highest BCUT2D eigenvalue weighted by Gasteiger charge is 2.46. The molecule has 5 rings (SSSR count). The number of rotatable bonds is 6. The molecule has 1 heterocycles. The Balaban J connectivity index is 1.10. The van der Waals surface area contributed by atoms with Crippen LogP contribution in [0.4, 0.5) is 4.79 Å². The molecule has 1 saturated carbocycles. The quantitative estimate of drug-likeness (QED) is 0.679. The normalized spacial score (nSPS) is 25.3. The minimum absolute atomic E-state index is 0.0172. The summed E-state index contributed by atoms with van der Waals surface area (Å²) in [6.07, 6.45) is 1.28. The molecule has 0 spiro atoms. The molecular weight excluding hydrogens is 432 g/mol. The number of fused-ring (bicyclic) bond motifs is 3. The van der Waals surface area contributed by atoms with Crippen molar-refractivity contribution in [3.63, 3.8) is 0 Å². The van der Waals surface area contributed by atoms with E-state index in [1.807, 2.05) is 36.1 Å². The zero-order valence-electron chi connectivity index (χ0n) is 19.3. The first kappa shape index (κ1) is 22.4. The lowest BCUT2D eigenvalue weighted by Gasteiger charge is -2.36. The maximum Gasteiger partial charge on any atom is 0.407 e. The molecule has 2 N–H and O–H groups in total. The van der Waals surface area contributed by atoms with Crippen LogP contribution in [-0.2, 0) is 14.3 Å². The molecule has 0 radical (unpaired) electrons. The van der Waals surface area contributed by atoms with Crippen molar-refractivity contribution >= 4 is 18.0 Å². The molecule has 2 fully saturated rings. The standard InChI is InChI=1S/C27H30N2O5/c1-16-12-17(26(31)32)10-11-29(16)25(30)23-13-18(23)14-28-27(33)34-15-24-21-8-4-2-6-19(21)20-7-3-5-9-22(20)24/h2-9,16-18,23-24H,10-15H2,1H3,(H,28,33)(H,31,32)/t16-,17-,18-,23-/m0/s1. The highest BCUT2D eigenvalue weighted by Crippen LogP contribution is 2.44. The summed E-state index contributed by atoms with van der Waals surface area (Å²) in [6, 6.07) is 16.4. The fourth-order valence-electron chi connectivity index (χ4n) is 5.58. The van der Waals surface area contributed by atoms with Crippen LogP contribution in [0.25, 0.3) is 11.1 Å². The van der Waals surface area contributed by atoms with E-state index in [1.165, 1.54) is 22.3 Å². The molecule has 1 saturated heterocycles. The van der Waals surface area contributed by atoms with E-state index in [0.717, 1.165) is 6.42 Å². The van der Waals surface area contributed by atoms with Crippen molar-refractivity contribution in [3.05, 3.63) is 59.7 Å². The molecule has 0 unspecified atom stereocenters. The Morgan fingerprint density at radius 1 is 1.03 bits per heavy atom. The Bertz CT molecular complexity index is 1070. The molecule has 0 aromatic heterocycles. The van der Waals surface area contributed by atoms with Crippen LogP contribution in [-0.4, -0.2) is 53.7 Å². The Morgan fingerprint density at radius 3 is 2.29 bits per heavy atom. The number of likely N-dealkylation sites (tertiary alicyclic amines) is 1. The molecule has 4 atom stereocenters. The van der Waals surface area contributed by atoms with Gasteiger partial charge in [-0.15, -0.1) is 0 Å². The van der Waals surface area contributed by atoms with Crippen LogP contribution >= 0.6 is 0 Å². The largest absolute Gasteiger partial charge is 0.481 e. The Kier molecular flexibility index (Phi) is 6.02. The first-order valence-electron chi connectivity index (χ1n) is 12.1. The van der Waals surface area contributed by atoms with Gasteiger partial charge in [0, 0.05) is 31.0 Å². The molecule has 7 nitrogen and oxygen atoms in total. The molecule has 178 valence electrons. The molecule has 2 amide bonds. The van der Waals surface area contributed by atoms with Gasteiger partial charge in [-0.25, -0.2) is 4.79 Å². The molecule has 1 aliphatic heterocycles. The number of alkyl carbamates (subject to hydrolysis) is 1. The lowest BCUT2D eigenvalue weighted by atomic mass is 9.91. The average Bonchev–Trinajstić information content (AvgIpc) is 3.56. The van der Waals surface area contributed by atoms with Crippen molar-refractivity contribution in [1.82, 2.24) is 10.2 Å². The van der Waals surface area contributed by atoms with E-state index in [2.05, 4.69) is 29.6 Å². The van der Waals surface area contributed by atoms with E-state index in [0.29, 0.717) is 25.9 Å². The number of hydrogen-bond acceptors (Lipinski definition) is 4. The van der Waals surface area contributed by atoms with Crippen LogP contribution < -0.4 is 5.32 Å². The smallest absolute Gasteiger partial charge is 0.407 e. The number of carboxylic acids is 1. The van der Waals surface area contributed by atoms with Gasteiger partial charge in [-0.2, -0.15) is 0 Å². The molecular formula is C27H30N2O5. The monoisotopic (exact) mass is 462 g/mol. The zero-order chi connectivity index (χ0) is 23.8. The van der Waals surface area contributed by atoms with E-state index < -0.39 is 12.1 Å². The second-order valence-corrected chi connectivity index (χ2v) is 9.75.